The van der Waals surface area contributed by atoms with Gasteiger partial charge in [0.2, 0.25) is 5.88 Å². The van der Waals surface area contributed by atoms with E-state index < -0.39 is 11.9 Å². The highest BCUT2D eigenvalue weighted by molar-refractivity contribution is 6.03. The van der Waals surface area contributed by atoms with Crippen molar-refractivity contribution < 1.29 is 23.5 Å². The summed E-state index contributed by atoms with van der Waals surface area (Å²) in [6.45, 7) is 2.93. The van der Waals surface area contributed by atoms with Gasteiger partial charge in [0, 0.05) is 42.4 Å². The first-order valence-electron chi connectivity index (χ1n) is 8.74. The summed E-state index contributed by atoms with van der Waals surface area (Å²) in [5, 5.41) is 2.59. The van der Waals surface area contributed by atoms with E-state index >= 15 is 0 Å². The SMILES string of the molecule is CCOc1ccc(O[C@@H]2CCN(c3cc(F)c4c(c3)C(=O)NC4)C2=O)cn1. The van der Waals surface area contributed by atoms with Gasteiger partial charge in [-0.1, -0.05) is 0 Å². The van der Waals surface area contributed by atoms with Gasteiger partial charge in [-0.2, -0.15) is 0 Å². The first-order valence-corrected chi connectivity index (χ1v) is 8.74. The molecule has 0 aliphatic carbocycles. The number of carbonyl (C=O) groups is 2. The third-order valence-corrected chi connectivity index (χ3v) is 4.60. The Kier molecular flexibility index (Phi) is 4.39. The zero-order valence-electron chi connectivity index (χ0n) is 14.7. The number of rotatable bonds is 5. The standard InChI is InChI=1S/C19H18FN3O4/c1-2-26-17-4-3-12(9-21-17)27-16-5-6-23(19(16)25)11-7-13-14(15(20)8-11)10-22-18(13)24/h3-4,7-9,16H,2,5-6,10H2,1H3,(H,22,24)/t16-/m1/s1. The van der Waals surface area contributed by atoms with Gasteiger partial charge in [0.1, 0.15) is 11.6 Å². The summed E-state index contributed by atoms with van der Waals surface area (Å²) in [7, 11) is 0. The number of pyridine rings is 1. The van der Waals surface area contributed by atoms with Gasteiger partial charge >= 0.3 is 0 Å². The second-order valence-electron chi connectivity index (χ2n) is 6.29. The van der Waals surface area contributed by atoms with E-state index in [2.05, 4.69) is 10.3 Å². The molecule has 7 nitrogen and oxygen atoms in total. The lowest BCUT2D eigenvalue weighted by molar-refractivity contribution is -0.122. The van der Waals surface area contributed by atoms with Crippen LogP contribution >= 0.6 is 0 Å². The van der Waals surface area contributed by atoms with E-state index in [0.29, 0.717) is 42.5 Å². The zero-order valence-corrected chi connectivity index (χ0v) is 14.7. The number of aromatic nitrogens is 1. The van der Waals surface area contributed by atoms with Crippen LogP contribution in [0, 0.1) is 5.82 Å². The number of carbonyl (C=O) groups excluding carboxylic acids is 2. The van der Waals surface area contributed by atoms with E-state index in [4.69, 9.17) is 9.47 Å². The monoisotopic (exact) mass is 371 g/mol. The van der Waals surface area contributed by atoms with Crippen molar-refractivity contribution in [2.45, 2.75) is 26.0 Å². The number of hydrogen-bond acceptors (Lipinski definition) is 5. The number of fused-ring (bicyclic) bond motifs is 1. The average Bonchev–Trinajstić information content (AvgIpc) is 3.21. The molecule has 2 aliphatic heterocycles. The van der Waals surface area contributed by atoms with Crippen molar-refractivity contribution in [1.29, 1.82) is 0 Å². The fourth-order valence-corrected chi connectivity index (χ4v) is 3.28. The number of ether oxygens (including phenoxy) is 2. The first kappa shape index (κ1) is 17.3. The Labute approximate surface area is 155 Å². The second-order valence-corrected chi connectivity index (χ2v) is 6.29. The van der Waals surface area contributed by atoms with Gasteiger partial charge in [-0.3, -0.25) is 9.59 Å². The highest BCUT2D eigenvalue weighted by Gasteiger charge is 2.36. The molecule has 1 aromatic heterocycles. The lowest BCUT2D eigenvalue weighted by atomic mass is 10.1. The maximum absolute atomic E-state index is 14.3. The Hall–Kier alpha value is -3.16. The van der Waals surface area contributed by atoms with Crippen LogP contribution in [0.5, 0.6) is 11.6 Å². The Bertz CT molecular complexity index is 901. The van der Waals surface area contributed by atoms with Gasteiger partial charge in [-0.15, -0.1) is 0 Å². The molecule has 140 valence electrons. The van der Waals surface area contributed by atoms with Crippen LogP contribution in [0.3, 0.4) is 0 Å². The van der Waals surface area contributed by atoms with Crippen LogP contribution in [0.2, 0.25) is 0 Å². The van der Waals surface area contributed by atoms with Crippen molar-refractivity contribution in [3.63, 3.8) is 0 Å². The molecule has 2 amide bonds. The number of hydrogen-bond donors (Lipinski definition) is 1. The topological polar surface area (TPSA) is 80.8 Å². The number of amides is 2. The number of benzene rings is 1. The Morgan fingerprint density at radius 2 is 2.19 bits per heavy atom. The van der Waals surface area contributed by atoms with Gasteiger partial charge in [0.15, 0.2) is 6.10 Å². The highest BCUT2D eigenvalue weighted by atomic mass is 19.1. The Morgan fingerprint density at radius 3 is 2.93 bits per heavy atom. The summed E-state index contributed by atoms with van der Waals surface area (Å²) in [6.07, 6.45) is 1.27. The largest absolute Gasteiger partial charge is 0.479 e. The average molecular weight is 371 g/mol. The van der Waals surface area contributed by atoms with Crippen molar-refractivity contribution in [3.8, 4) is 11.6 Å². The van der Waals surface area contributed by atoms with Crippen LogP contribution in [0.25, 0.3) is 0 Å². The van der Waals surface area contributed by atoms with E-state index in [-0.39, 0.29) is 23.9 Å². The summed E-state index contributed by atoms with van der Waals surface area (Å²) >= 11 is 0. The maximum atomic E-state index is 14.3. The van der Waals surface area contributed by atoms with Gasteiger partial charge in [0.05, 0.1) is 12.8 Å². The molecule has 27 heavy (non-hydrogen) atoms. The molecule has 1 aromatic carbocycles. The first-order chi connectivity index (χ1) is 13.1. The minimum atomic E-state index is -0.685. The van der Waals surface area contributed by atoms with E-state index in [1.807, 2.05) is 6.92 Å². The normalized spacial score (nSPS) is 18.4. The van der Waals surface area contributed by atoms with E-state index in [0.717, 1.165) is 0 Å². The van der Waals surface area contributed by atoms with Crippen molar-refractivity contribution in [3.05, 3.63) is 47.4 Å². The van der Waals surface area contributed by atoms with Crippen LogP contribution in [0.4, 0.5) is 10.1 Å². The van der Waals surface area contributed by atoms with Crippen LogP contribution in [0.15, 0.2) is 30.5 Å². The molecule has 0 spiro atoms. The highest BCUT2D eigenvalue weighted by Crippen LogP contribution is 2.30. The molecule has 1 fully saturated rings. The predicted octanol–water partition coefficient (Wildman–Crippen LogP) is 2.05. The van der Waals surface area contributed by atoms with E-state index in [1.165, 1.54) is 17.2 Å². The van der Waals surface area contributed by atoms with Gasteiger partial charge in [-0.05, 0) is 25.1 Å². The van der Waals surface area contributed by atoms with Crippen molar-refractivity contribution >= 4 is 17.5 Å². The van der Waals surface area contributed by atoms with E-state index in [9.17, 15) is 14.0 Å². The van der Waals surface area contributed by atoms with Crippen molar-refractivity contribution in [1.82, 2.24) is 10.3 Å². The fourth-order valence-electron chi connectivity index (χ4n) is 3.28. The molecule has 3 heterocycles. The summed E-state index contributed by atoms with van der Waals surface area (Å²) in [6, 6.07) is 6.20. The maximum Gasteiger partial charge on any atom is 0.268 e. The third-order valence-electron chi connectivity index (χ3n) is 4.60. The summed E-state index contributed by atoms with van der Waals surface area (Å²) in [4.78, 5) is 30.1. The van der Waals surface area contributed by atoms with Crippen molar-refractivity contribution in [2.24, 2.45) is 0 Å². The molecular weight excluding hydrogens is 353 g/mol. The van der Waals surface area contributed by atoms with E-state index in [1.54, 1.807) is 18.2 Å². The number of anilines is 1. The smallest absolute Gasteiger partial charge is 0.268 e. The second kappa shape index (κ2) is 6.86. The molecule has 4 rings (SSSR count). The molecule has 0 saturated carbocycles. The number of nitrogens with one attached hydrogen (secondary N) is 1. The molecular formula is C19H18FN3O4. The Morgan fingerprint density at radius 1 is 1.33 bits per heavy atom. The summed E-state index contributed by atoms with van der Waals surface area (Å²) in [5.41, 5.74) is 0.978. The number of halogens is 1. The predicted molar refractivity (Wildman–Crippen MR) is 94.4 cm³/mol. The molecule has 8 heteroatoms. The quantitative estimate of drug-likeness (QED) is 0.870. The van der Waals surface area contributed by atoms with Crippen molar-refractivity contribution in [2.75, 3.05) is 18.1 Å². The van der Waals surface area contributed by atoms with Crippen LogP contribution in [-0.2, 0) is 11.3 Å². The summed E-state index contributed by atoms with van der Waals surface area (Å²) < 4.78 is 25.3. The van der Waals surface area contributed by atoms with Gasteiger partial charge in [-0.25, -0.2) is 9.37 Å². The molecule has 0 unspecified atom stereocenters. The minimum Gasteiger partial charge on any atom is -0.479 e. The molecule has 1 atom stereocenters. The lowest BCUT2D eigenvalue weighted by Gasteiger charge is -2.18. The lowest BCUT2D eigenvalue weighted by Crippen LogP contribution is -2.32. The Balaban J connectivity index is 1.50. The molecule has 1 N–H and O–H groups in total. The van der Waals surface area contributed by atoms with Crippen LogP contribution in [0.1, 0.15) is 29.3 Å². The van der Waals surface area contributed by atoms with Gasteiger partial charge in [0.25, 0.3) is 11.8 Å². The molecule has 1 saturated heterocycles. The third kappa shape index (κ3) is 3.18. The molecule has 2 aromatic rings. The van der Waals surface area contributed by atoms with Crippen LogP contribution in [-0.4, -0.2) is 36.1 Å². The summed E-state index contributed by atoms with van der Waals surface area (Å²) in [5.74, 6) is -0.157. The molecule has 0 bridgehead atoms. The van der Waals surface area contributed by atoms with Crippen LogP contribution < -0.4 is 19.7 Å². The fraction of sp³-hybridized carbons (Fsp3) is 0.316. The van der Waals surface area contributed by atoms with Gasteiger partial charge < -0.3 is 19.7 Å². The molecule has 0 radical (unpaired) electrons. The zero-order chi connectivity index (χ0) is 19.0. The molecule has 2 aliphatic rings. The minimum absolute atomic E-state index is 0.171. The number of nitrogens with zero attached hydrogens (tertiary/aromatic N) is 2.